The molecule has 6 heteroatoms. The Balaban J connectivity index is 2.88. The fourth-order valence-corrected chi connectivity index (χ4v) is 1.40. The van der Waals surface area contributed by atoms with E-state index in [0.717, 1.165) is 5.56 Å². The van der Waals surface area contributed by atoms with Crippen LogP contribution in [0.2, 0.25) is 0 Å². The number of anilines is 2. The average Bonchev–Trinajstić information content (AvgIpc) is 2.27. The number of carbonyl (C=O) groups excluding carboxylic acids is 2. The summed E-state index contributed by atoms with van der Waals surface area (Å²) in [4.78, 5) is 26.1. The van der Waals surface area contributed by atoms with E-state index < -0.39 is 0 Å². The summed E-state index contributed by atoms with van der Waals surface area (Å²) in [5, 5.41) is 5.49. The first kappa shape index (κ1) is 14.8. The second-order valence-corrected chi connectivity index (χ2v) is 4.74. The predicted octanol–water partition coefficient (Wildman–Crippen LogP) is 2.18. The fourth-order valence-electron chi connectivity index (χ4n) is 1.40. The lowest BCUT2D eigenvalue weighted by molar-refractivity contribution is 0.230. The van der Waals surface area contributed by atoms with E-state index in [1.165, 1.54) is 9.80 Å². The quantitative estimate of drug-likeness (QED) is 0.860. The van der Waals surface area contributed by atoms with E-state index in [2.05, 4.69) is 10.6 Å². The summed E-state index contributed by atoms with van der Waals surface area (Å²) in [7, 11) is 6.67. The Morgan fingerprint density at radius 2 is 1.21 bits per heavy atom. The number of rotatable bonds is 2. The summed E-state index contributed by atoms with van der Waals surface area (Å²) in [6, 6.07) is 4.97. The average molecular weight is 264 g/mol. The summed E-state index contributed by atoms with van der Waals surface area (Å²) < 4.78 is 0. The van der Waals surface area contributed by atoms with Crippen molar-refractivity contribution in [3.63, 3.8) is 0 Å². The molecule has 0 unspecified atom stereocenters. The largest absolute Gasteiger partial charge is 0.331 e. The van der Waals surface area contributed by atoms with Crippen LogP contribution in [0.25, 0.3) is 0 Å². The topological polar surface area (TPSA) is 64.7 Å². The zero-order chi connectivity index (χ0) is 14.6. The molecule has 0 aliphatic rings. The molecule has 0 radical (unpaired) electrons. The highest BCUT2D eigenvalue weighted by Crippen LogP contribution is 2.19. The molecule has 1 aromatic carbocycles. The van der Waals surface area contributed by atoms with Crippen molar-refractivity contribution in [2.24, 2.45) is 0 Å². The Kier molecular flexibility index (Phi) is 4.74. The lowest BCUT2D eigenvalue weighted by Gasteiger charge is -2.15. The van der Waals surface area contributed by atoms with Crippen LogP contribution in [-0.4, -0.2) is 50.1 Å². The van der Waals surface area contributed by atoms with Gasteiger partial charge in [0.05, 0.1) is 0 Å². The molecule has 19 heavy (non-hydrogen) atoms. The monoisotopic (exact) mass is 264 g/mol. The van der Waals surface area contributed by atoms with E-state index in [0.29, 0.717) is 11.4 Å². The second kappa shape index (κ2) is 6.08. The van der Waals surface area contributed by atoms with Gasteiger partial charge < -0.3 is 20.4 Å². The van der Waals surface area contributed by atoms with Crippen molar-refractivity contribution in [3.05, 3.63) is 23.8 Å². The number of urea groups is 2. The third kappa shape index (κ3) is 4.50. The van der Waals surface area contributed by atoms with Crippen LogP contribution in [0.1, 0.15) is 5.56 Å². The van der Waals surface area contributed by atoms with E-state index in [1.807, 2.05) is 19.1 Å². The van der Waals surface area contributed by atoms with Gasteiger partial charge in [0.25, 0.3) is 0 Å². The highest BCUT2D eigenvalue weighted by molar-refractivity contribution is 5.92. The van der Waals surface area contributed by atoms with Crippen LogP contribution < -0.4 is 10.6 Å². The van der Waals surface area contributed by atoms with Crippen LogP contribution >= 0.6 is 0 Å². The summed E-state index contributed by atoms with van der Waals surface area (Å²) in [5.74, 6) is 0. The molecule has 6 nitrogen and oxygen atoms in total. The molecule has 1 rings (SSSR count). The van der Waals surface area contributed by atoms with E-state index >= 15 is 0 Å². The first-order chi connectivity index (χ1) is 8.79. The van der Waals surface area contributed by atoms with Crippen molar-refractivity contribution in [1.82, 2.24) is 9.80 Å². The molecule has 0 atom stereocenters. The summed E-state index contributed by atoms with van der Waals surface area (Å²) in [6.07, 6.45) is 0. The molecule has 0 saturated heterocycles. The van der Waals surface area contributed by atoms with Crippen molar-refractivity contribution in [2.45, 2.75) is 6.92 Å². The zero-order valence-corrected chi connectivity index (χ0v) is 11.9. The molecular weight excluding hydrogens is 244 g/mol. The van der Waals surface area contributed by atoms with Crippen molar-refractivity contribution in [1.29, 1.82) is 0 Å². The first-order valence-corrected chi connectivity index (χ1v) is 5.88. The molecule has 0 aromatic heterocycles. The summed E-state index contributed by atoms with van der Waals surface area (Å²) in [6.45, 7) is 1.90. The van der Waals surface area contributed by atoms with Crippen LogP contribution in [-0.2, 0) is 0 Å². The molecule has 0 aliphatic heterocycles. The molecule has 104 valence electrons. The number of aryl methyl sites for hydroxylation is 1. The Morgan fingerprint density at radius 1 is 0.842 bits per heavy atom. The molecule has 0 saturated carbocycles. The minimum absolute atomic E-state index is 0.213. The number of benzene rings is 1. The van der Waals surface area contributed by atoms with Gasteiger partial charge in [-0.2, -0.15) is 0 Å². The summed E-state index contributed by atoms with van der Waals surface area (Å²) >= 11 is 0. The van der Waals surface area contributed by atoms with Gasteiger partial charge in [0.15, 0.2) is 0 Å². The number of hydrogen-bond acceptors (Lipinski definition) is 2. The minimum Gasteiger partial charge on any atom is -0.331 e. The molecule has 0 spiro atoms. The molecule has 0 aliphatic carbocycles. The third-order valence-corrected chi connectivity index (χ3v) is 2.39. The van der Waals surface area contributed by atoms with Gasteiger partial charge in [-0.3, -0.25) is 0 Å². The normalized spacial score (nSPS) is 9.74. The minimum atomic E-state index is -0.213. The molecule has 0 heterocycles. The SMILES string of the molecule is Cc1cc(NC(=O)N(C)C)cc(NC(=O)N(C)C)c1. The second-order valence-electron chi connectivity index (χ2n) is 4.74. The summed E-state index contributed by atoms with van der Waals surface area (Å²) in [5.41, 5.74) is 2.24. The number of nitrogens with zero attached hydrogens (tertiary/aromatic N) is 2. The standard InChI is InChI=1S/C13H20N4O2/c1-9-6-10(14-12(18)16(2)3)8-11(7-9)15-13(19)17(4)5/h6-8H,1-5H3,(H,14,18)(H,15,19). The number of nitrogens with one attached hydrogen (secondary N) is 2. The number of hydrogen-bond donors (Lipinski definition) is 2. The van der Waals surface area contributed by atoms with Gasteiger partial charge in [0, 0.05) is 39.6 Å². The zero-order valence-electron chi connectivity index (χ0n) is 11.9. The molecule has 2 N–H and O–H groups in total. The van der Waals surface area contributed by atoms with Gasteiger partial charge in [0.2, 0.25) is 0 Å². The van der Waals surface area contributed by atoms with Crippen molar-refractivity contribution >= 4 is 23.4 Å². The van der Waals surface area contributed by atoms with Crippen molar-refractivity contribution in [2.75, 3.05) is 38.8 Å². The van der Waals surface area contributed by atoms with E-state index in [1.54, 1.807) is 34.3 Å². The Labute approximate surface area is 113 Å². The van der Waals surface area contributed by atoms with Gasteiger partial charge in [-0.15, -0.1) is 0 Å². The van der Waals surface area contributed by atoms with Crippen LogP contribution in [0, 0.1) is 6.92 Å². The van der Waals surface area contributed by atoms with Crippen LogP contribution in [0.5, 0.6) is 0 Å². The van der Waals surface area contributed by atoms with Crippen LogP contribution in [0.4, 0.5) is 21.0 Å². The predicted molar refractivity (Wildman–Crippen MR) is 76.6 cm³/mol. The van der Waals surface area contributed by atoms with Crippen molar-refractivity contribution < 1.29 is 9.59 Å². The number of carbonyl (C=O) groups is 2. The highest BCUT2D eigenvalue weighted by atomic mass is 16.2. The van der Waals surface area contributed by atoms with Gasteiger partial charge in [-0.05, 0) is 30.7 Å². The van der Waals surface area contributed by atoms with Crippen LogP contribution in [0.3, 0.4) is 0 Å². The van der Waals surface area contributed by atoms with Gasteiger partial charge >= 0.3 is 12.1 Å². The Morgan fingerprint density at radius 3 is 1.53 bits per heavy atom. The van der Waals surface area contributed by atoms with Gasteiger partial charge in [0.1, 0.15) is 0 Å². The maximum atomic E-state index is 11.6. The Bertz CT molecular complexity index is 443. The smallest absolute Gasteiger partial charge is 0.321 e. The van der Waals surface area contributed by atoms with Crippen molar-refractivity contribution in [3.8, 4) is 0 Å². The van der Waals surface area contributed by atoms with E-state index in [-0.39, 0.29) is 12.1 Å². The lowest BCUT2D eigenvalue weighted by Crippen LogP contribution is -2.28. The highest BCUT2D eigenvalue weighted by Gasteiger charge is 2.08. The Hall–Kier alpha value is -2.24. The molecule has 1 aromatic rings. The molecule has 0 bridgehead atoms. The maximum absolute atomic E-state index is 11.6. The van der Waals surface area contributed by atoms with Gasteiger partial charge in [-0.25, -0.2) is 9.59 Å². The lowest BCUT2D eigenvalue weighted by atomic mass is 10.2. The first-order valence-electron chi connectivity index (χ1n) is 5.88. The maximum Gasteiger partial charge on any atom is 0.321 e. The number of amides is 4. The van der Waals surface area contributed by atoms with Crippen LogP contribution in [0.15, 0.2) is 18.2 Å². The molecular formula is C13H20N4O2. The van der Waals surface area contributed by atoms with E-state index in [9.17, 15) is 9.59 Å². The molecule has 4 amide bonds. The fraction of sp³-hybridized carbons (Fsp3) is 0.385. The molecule has 0 fully saturated rings. The van der Waals surface area contributed by atoms with Gasteiger partial charge in [-0.1, -0.05) is 0 Å². The third-order valence-electron chi connectivity index (χ3n) is 2.39. The van der Waals surface area contributed by atoms with E-state index in [4.69, 9.17) is 0 Å².